The van der Waals surface area contributed by atoms with Gasteiger partial charge in [0, 0.05) is 12.3 Å². The van der Waals surface area contributed by atoms with E-state index in [1.807, 2.05) is 0 Å². The third-order valence-corrected chi connectivity index (χ3v) is 5.40. The van der Waals surface area contributed by atoms with Gasteiger partial charge in [0.25, 0.3) is 0 Å². The molecule has 0 saturated heterocycles. The molecule has 0 radical (unpaired) electrons. The Balaban J connectivity index is 2.44. The van der Waals surface area contributed by atoms with Crippen molar-refractivity contribution in [3.8, 4) is 0 Å². The number of rotatable bonds is 5. The summed E-state index contributed by atoms with van der Waals surface area (Å²) in [6.45, 7) is 0. The van der Waals surface area contributed by atoms with Gasteiger partial charge in [0.15, 0.2) is 0 Å². The third kappa shape index (κ3) is 6.35. The molecule has 0 aliphatic heterocycles. The highest BCUT2D eigenvalue weighted by Gasteiger charge is 2.24. The van der Waals surface area contributed by atoms with Gasteiger partial charge in [-0.1, -0.05) is 0 Å². The lowest BCUT2D eigenvalue weighted by Crippen LogP contribution is -2.40. The minimum Gasteiger partial charge on any atom is -0.393 e. The highest BCUT2D eigenvalue weighted by atomic mass is 32.2. The lowest BCUT2D eigenvalue weighted by atomic mass is 9.94. The van der Waals surface area contributed by atoms with Crippen molar-refractivity contribution in [1.29, 1.82) is 0 Å². The van der Waals surface area contributed by atoms with E-state index in [9.17, 15) is 21.9 Å². The smallest absolute Gasteiger partial charge is 0.212 e. The molecule has 0 atom stereocenters. The van der Waals surface area contributed by atoms with Crippen molar-refractivity contribution in [2.45, 2.75) is 37.8 Å². The maximum atomic E-state index is 11.6. The first-order valence-corrected chi connectivity index (χ1v) is 9.25. The van der Waals surface area contributed by atoms with Crippen molar-refractivity contribution < 1.29 is 21.9 Å². The van der Waals surface area contributed by atoms with Crippen LogP contribution < -0.4 is 4.72 Å². The molecule has 1 aliphatic rings. The van der Waals surface area contributed by atoms with Crippen molar-refractivity contribution in [2.24, 2.45) is 0 Å². The monoisotopic (exact) mass is 285 g/mol. The second-order valence-electron chi connectivity index (χ2n) is 4.57. The van der Waals surface area contributed by atoms with Crippen LogP contribution in [0.5, 0.6) is 0 Å². The van der Waals surface area contributed by atoms with Gasteiger partial charge in [-0.25, -0.2) is 21.6 Å². The van der Waals surface area contributed by atoms with E-state index in [1.165, 1.54) is 0 Å². The van der Waals surface area contributed by atoms with Crippen LogP contribution in [0.3, 0.4) is 0 Å². The molecule has 0 heterocycles. The normalized spacial score (nSPS) is 26.9. The molecule has 0 amide bonds. The highest BCUT2D eigenvalue weighted by molar-refractivity contribution is 7.93. The maximum absolute atomic E-state index is 11.6. The topological polar surface area (TPSA) is 101 Å². The summed E-state index contributed by atoms with van der Waals surface area (Å²) < 4.78 is 47.4. The van der Waals surface area contributed by atoms with Crippen LogP contribution in [-0.2, 0) is 19.9 Å². The van der Waals surface area contributed by atoms with Crippen LogP contribution in [0.1, 0.15) is 25.7 Å². The molecule has 6 nitrogen and oxygen atoms in total. The number of nitrogens with one attached hydrogen (secondary N) is 1. The Hall–Kier alpha value is -0.180. The van der Waals surface area contributed by atoms with Gasteiger partial charge in [-0.05, 0) is 25.7 Å². The van der Waals surface area contributed by atoms with Crippen molar-refractivity contribution in [3.63, 3.8) is 0 Å². The van der Waals surface area contributed by atoms with Gasteiger partial charge < -0.3 is 5.11 Å². The van der Waals surface area contributed by atoms with Crippen LogP contribution in [-0.4, -0.2) is 51.8 Å². The lowest BCUT2D eigenvalue weighted by molar-refractivity contribution is 0.120. The summed E-state index contributed by atoms with van der Waals surface area (Å²) in [6.07, 6.45) is 3.03. The van der Waals surface area contributed by atoms with E-state index < -0.39 is 25.6 Å². The van der Waals surface area contributed by atoms with Crippen LogP contribution in [0.15, 0.2) is 0 Å². The molecule has 0 aromatic rings. The predicted octanol–water partition coefficient (Wildman–Crippen LogP) is -0.746. The molecule has 0 spiro atoms. The molecule has 0 aromatic heterocycles. The van der Waals surface area contributed by atoms with Crippen molar-refractivity contribution in [1.82, 2.24) is 4.72 Å². The van der Waals surface area contributed by atoms with E-state index in [-0.39, 0.29) is 17.9 Å². The highest BCUT2D eigenvalue weighted by Crippen LogP contribution is 2.18. The van der Waals surface area contributed by atoms with Gasteiger partial charge in [0.2, 0.25) is 10.0 Å². The minimum atomic E-state index is -3.54. The molecular formula is C9H19NO5S2. The number of aliphatic hydroxyl groups excluding tert-OH is 1. The van der Waals surface area contributed by atoms with E-state index in [0.717, 1.165) is 6.26 Å². The summed E-state index contributed by atoms with van der Waals surface area (Å²) in [5.74, 6) is -0.761. The van der Waals surface area contributed by atoms with Gasteiger partial charge >= 0.3 is 0 Å². The Morgan fingerprint density at radius 3 is 2.06 bits per heavy atom. The van der Waals surface area contributed by atoms with Crippen molar-refractivity contribution in [3.05, 3.63) is 0 Å². The van der Waals surface area contributed by atoms with Crippen LogP contribution in [0.25, 0.3) is 0 Å². The first kappa shape index (κ1) is 14.9. The molecule has 102 valence electrons. The molecule has 0 unspecified atom stereocenters. The molecule has 1 aliphatic carbocycles. The number of sulfone groups is 1. The molecule has 1 fully saturated rings. The van der Waals surface area contributed by atoms with E-state index in [1.54, 1.807) is 0 Å². The number of hydrogen-bond acceptors (Lipinski definition) is 5. The maximum Gasteiger partial charge on any atom is 0.212 e. The fourth-order valence-electron chi connectivity index (χ4n) is 1.77. The standard InChI is InChI=1S/C9H19NO5S2/c1-16(12,13)6-7-17(14,15)10-8-2-4-9(11)5-3-8/h8-11H,2-7H2,1H3. The summed E-state index contributed by atoms with van der Waals surface area (Å²) in [5.41, 5.74) is 0. The Morgan fingerprint density at radius 1 is 1.06 bits per heavy atom. The largest absolute Gasteiger partial charge is 0.393 e. The summed E-state index contributed by atoms with van der Waals surface area (Å²) in [7, 11) is -6.81. The first-order chi connectivity index (χ1) is 7.68. The molecular weight excluding hydrogens is 266 g/mol. The molecule has 2 N–H and O–H groups in total. The predicted molar refractivity (Wildman–Crippen MR) is 64.9 cm³/mol. The van der Waals surface area contributed by atoms with Crippen LogP contribution >= 0.6 is 0 Å². The molecule has 17 heavy (non-hydrogen) atoms. The van der Waals surface area contributed by atoms with Gasteiger partial charge in [0.1, 0.15) is 9.84 Å². The molecule has 0 bridgehead atoms. The fourth-order valence-corrected chi connectivity index (χ4v) is 4.72. The average molecular weight is 285 g/mol. The molecule has 0 aromatic carbocycles. The van der Waals surface area contributed by atoms with Gasteiger partial charge in [-0.3, -0.25) is 0 Å². The Morgan fingerprint density at radius 2 is 1.59 bits per heavy atom. The zero-order valence-corrected chi connectivity index (χ0v) is 11.4. The SMILES string of the molecule is CS(=O)(=O)CCS(=O)(=O)NC1CCC(O)CC1. The van der Waals surface area contributed by atoms with Gasteiger partial charge in [-0.2, -0.15) is 0 Å². The van der Waals surface area contributed by atoms with Gasteiger partial charge in [0.05, 0.1) is 17.6 Å². The average Bonchev–Trinajstić information content (AvgIpc) is 2.18. The third-order valence-electron chi connectivity index (χ3n) is 2.77. The second kappa shape index (κ2) is 5.64. The first-order valence-electron chi connectivity index (χ1n) is 5.54. The Labute approximate surface area is 102 Å². The summed E-state index contributed by atoms with van der Waals surface area (Å²) in [4.78, 5) is 0. The zero-order chi connectivity index (χ0) is 13.1. The van der Waals surface area contributed by atoms with E-state index >= 15 is 0 Å². The summed E-state index contributed by atoms with van der Waals surface area (Å²) in [6, 6.07) is -0.178. The second-order valence-corrected chi connectivity index (χ2v) is 8.71. The van der Waals surface area contributed by atoms with E-state index in [2.05, 4.69) is 4.72 Å². The minimum absolute atomic E-state index is 0.178. The zero-order valence-electron chi connectivity index (χ0n) is 9.79. The van der Waals surface area contributed by atoms with Gasteiger partial charge in [-0.15, -0.1) is 0 Å². The van der Waals surface area contributed by atoms with E-state index in [0.29, 0.717) is 25.7 Å². The summed E-state index contributed by atoms with van der Waals surface area (Å²) >= 11 is 0. The van der Waals surface area contributed by atoms with Crippen molar-refractivity contribution in [2.75, 3.05) is 17.8 Å². The molecule has 1 rings (SSSR count). The van der Waals surface area contributed by atoms with Crippen LogP contribution in [0.2, 0.25) is 0 Å². The Kier molecular flexibility index (Phi) is 4.94. The van der Waals surface area contributed by atoms with Crippen LogP contribution in [0, 0.1) is 0 Å². The Bertz CT molecular complexity index is 434. The quantitative estimate of drug-likeness (QED) is 0.692. The number of sulfonamides is 1. The molecule has 1 saturated carbocycles. The number of hydrogen-bond donors (Lipinski definition) is 2. The number of aliphatic hydroxyl groups is 1. The molecule has 8 heteroatoms. The fraction of sp³-hybridized carbons (Fsp3) is 1.00. The van der Waals surface area contributed by atoms with Crippen LogP contribution in [0.4, 0.5) is 0 Å². The lowest BCUT2D eigenvalue weighted by Gasteiger charge is -2.25. The van der Waals surface area contributed by atoms with Crippen molar-refractivity contribution >= 4 is 19.9 Å². The summed E-state index contributed by atoms with van der Waals surface area (Å²) in [5, 5.41) is 9.28. The van der Waals surface area contributed by atoms with E-state index in [4.69, 9.17) is 0 Å².